The van der Waals surface area contributed by atoms with E-state index in [0.717, 1.165) is 135 Å². The molecule has 0 aromatic carbocycles. The standard InChI is InChI=1S/C72H116O6/c1-4-7-10-13-16-19-22-25-28-31-32-33-34-35-36-37-38-39-40-42-44-47-50-53-56-59-62-65-71(74)77-68-69(67-76-70(73)64-61-58-55-52-49-46-43-30-27-24-21-18-15-12-9-6-3)78-72(75)66-63-60-57-54-51-48-45-41-29-26-23-20-17-14-11-8-5-2/h7-8,10-11,16-17,19-20,25-26,28-30,32-33,35-36,38-39,43,45,48,54,57,69H,4-6,9,12-15,18,21-24,27,31,34,37,40-42,44,46-47,49-53,55-56,58-68H2,1-3H3/b10-7-,11-8-,19-16-,20-17-,28-25-,29-26-,33-32-,36-35-,39-38-,43-30-,48-45-,57-54-. The van der Waals surface area contributed by atoms with Gasteiger partial charge in [-0.15, -0.1) is 0 Å². The smallest absolute Gasteiger partial charge is 0.306 e. The Morgan fingerprint density at radius 2 is 0.513 bits per heavy atom. The average molecular weight is 1080 g/mol. The lowest BCUT2D eigenvalue weighted by molar-refractivity contribution is -0.167. The largest absolute Gasteiger partial charge is 0.462 e. The molecule has 0 bridgehead atoms. The second kappa shape index (κ2) is 64.8. The van der Waals surface area contributed by atoms with Crippen LogP contribution in [0.4, 0.5) is 0 Å². The highest BCUT2D eigenvalue weighted by Crippen LogP contribution is 2.14. The van der Waals surface area contributed by atoms with Crippen LogP contribution in [0.1, 0.15) is 271 Å². The highest BCUT2D eigenvalue weighted by Gasteiger charge is 2.19. The van der Waals surface area contributed by atoms with E-state index in [-0.39, 0.29) is 37.5 Å². The molecule has 0 amide bonds. The van der Waals surface area contributed by atoms with Crippen molar-refractivity contribution in [1.82, 2.24) is 0 Å². The fourth-order valence-electron chi connectivity index (χ4n) is 8.36. The fraction of sp³-hybridized carbons (Fsp3) is 0.625. The van der Waals surface area contributed by atoms with E-state index in [9.17, 15) is 14.4 Å². The Balaban J connectivity index is 4.45. The third-order valence-corrected chi connectivity index (χ3v) is 13.1. The molecule has 6 heteroatoms. The molecule has 0 spiro atoms. The van der Waals surface area contributed by atoms with Crippen molar-refractivity contribution in [1.29, 1.82) is 0 Å². The summed E-state index contributed by atoms with van der Waals surface area (Å²) in [7, 11) is 0. The van der Waals surface area contributed by atoms with Gasteiger partial charge in [-0.3, -0.25) is 14.4 Å². The molecule has 440 valence electrons. The van der Waals surface area contributed by atoms with Gasteiger partial charge in [-0.2, -0.15) is 0 Å². The number of hydrogen-bond donors (Lipinski definition) is 0. The summed E-state index contributed by atoms with van der Waals surface area (Å²) in [6.45, 7) is 6.35. The maximum Gasteiger partial charge on any atom is 0.306 e. The summed E-state index contributed by atoms with van der Waals surface area (Å²) in [6, 6.07) is 0. The molecule has 1 unspecified atom stereocenters. The second-order valence-electron chi connectivity index (χ2n) is 20.5. The summed E-state index contributed by atoms with van der Waals surface area (Å²) in [4.78, 5) is 38.3. The molecule has 0 saturated heterocycles. The molecule has 0 rings (SSSR count). The summed E-state index contributed by atoms with van der Waals surface area (Å²) in [5, 5.41) is 0. The lowest BCUT2D eigenvalue weighted by Crippen LogP contribution is -2.30. The molecule has 0 saturated carbocycles. The van der Waals surface area contributed by atoms with Crippen molar-refractivity contribution in [3.05, 3.63) is 146 Å². The molecule has 1 atom stereocenters. The van der Waals surface area contributed by atoms with Gasteiger partial charge >= 0.3 is 17.9 Å². The third kappa shape index (κ3) is 62.1. The van der Waals surface area contributed by atoms with E-state index in [1.165, 1.54) is 89.9 Å². The van der Waals surface area contributed by atoms with E-state index in [0.29, 0.717) is 19.3 Å². The van der Waals surface area contributed by atoms with Crippen LogP contribution < -0.4 is 0 Å². The van der Waals surface area contributed by atoms with Crippen LogP contribution in [0.25, 0.3) is 0 Å². The zero-order valence-electron chi connectivity index (χ0n) is 50.4. The lowest BCUT2D eigenvalue weighted by atomic mass is 10.1. The maximum atomic E-state index is 12.9. The Kier molecular flexibility index (Phi) is 60.9. The van der Waals surface area contributed by atoms with Gasteiger partial charge in [-0.25, -0.2) is 0 Å². The lowest BCUT2D eigenvalue weighted by Gasteiger charge is -2.18. The van der Waals surface area contributed by atoms with Gasteiger partial charge in [0.15, 0.2) is 6.10 Å². The first-order valence-corrected chi connectivity index (χ1v) is 31.8. The van der Waals surface area contributed by atoms with Crippen LogP contribution in [0, 0.1) is 0 Å². The van der Waals surface area contributed by atoms with Crippen molar-refractivity contribution < 1.29 is 28.6 Å². The van der Waals surface area contributed by atoms with Gasteiger partial charge in [0.2, 0.25) is 0 Å². The maximum absolute atomic E-state index is 12.9. The number of allylic oxidation sites excluding steroid dienone is 24. The molecule has 0 aliphatic heterocycles. The van der Waals surface area contributed by atoms with Crippen LogP contribution in [-0.4, -0.2) is 37.2 Å². The Bertz CT molecular complexity index is 1710. The number of unbranched alkanes of at least 4 members (excludes halogenated alkanes) is 21. The summed E-state index contributed by atoms with van der Waals surface area (Å²) in [5.74, 6) is -0.987. The van der Waals surface area contributed by atoms with E-state index in [2.05, 4.69) is 167 Å². The number of rotatable bonds is 56. The Morgan fingerprint density at radius 1 is 0.269 bits per heavy atom. The van der Waals surface area contributed by atoms with Gasteiger partial charge < -0.3 is 14.2 Å². The van der Waals surface area contributed by atoms with Gasteiger partial charge in [0.05, 0.1) is 0 Å². The van der Waals surface area contributed by atoms with Crippen LogP contribution in [0.3, 0.4) is 0 Å². The van der Waals surface area contributed by atoms with E-state index >= 15 is 0 Å². The number of esters is 3. The fourth-order valence-corrected chi connectivity index (χ4v) is 8.36. The van der Waals surface area contributed by atoms with Gasteiger partial charge in [0.1, 0.15) is 13.2 Å². The molecule has 0 aliphatic rings. The molecule has 0 aromatic heterocycles. The Morgan fingerprint density at radius 3 is 0.833 bits per heavy atom. The molecule has 0 N–H and O–H groups in total. The number of hydrogen-bond acceptors (Lipinski definition) is 6. The van der Waals surface area contributed by atoms with Crippen molar-refractivity contribution >= 4 is 17.9 Å². The van der Waals surface area contributed by atoms with Gasteiger partial charge in [0, 0.05) is 19.3 Å². The van der Waals surface area contributed by atoms with Crippen molar-refractivity contribution in [2.75, 3.05) is 13.2 Å². The summed E-state index contributed by atoms with van der Waals surface area (Å²) in [6.07, 6.45) is 92.8. The quantitative estimate of drug-likeness (QED) is 0.0261. The van der Waals surface area contributed by atoms with Gasteiger partial charge in [0.25, 0.3) is 0 Å². The minimum atomic E-state index is -0.822. The first kappa shape index (κ1) is 73.3. The van der Waals surface area contributed by atoms with Crippen molar-refractivity contribution in [2.24, 2.45) is 0 Å². The topological polar surface area (TPSA) is 78.9 Å². The van der Waals surface area contributed by atoms with Crippen molar-refractivity contribution in [3.8, 4) is 0 Å². The SMILES string of the molecule is CC/C=C\C/C=C\C/C=C\C/C=C\C/C=C\C/C=C\CCCCCCCCCCC(=O)OCC(COC(=O)CCCCCCC/C=C\CCCCCCCCC)OC(=O)CCC/C=C\C/C=C\C/C=C\C/C=C\C/C=C\CC. The zero-order chi connectivity index (χ0) is 56.4. The van der Waals surface area contributed by atoms with Crippen LogP contribution in [-0.2, 0) is 28.6 Å². The summed E-state index contributed by atoms with van der Waals surface area (Å²) >= 11 is 0. The molecule has 0 fully saturated rings. The van der Waals surface area contributed by atoms with E-state index in [1.54, 1.807) is 0 Å². The minimum Gasteiger partial charge on any atom is -0.462 e. The zero-order valence-corrected chi connectivity index (χ0v) is 50.4. The molecule has 78 heavy (non-hydrogen) atoms. The predicted molar refractivity (Wildman–Crippen MR) is 339 cm³/mol. The van der Waals surface area contributed by atoms with Crippen molar-refractivity contribution in [2.45, 2.75) is 277 Å². The highest BCUT2D eigenvalue weighted by atomic mass is 16.6. The van der Waals surface area contributed by atoms with Crippen LogP contribution in [0.15, 0.2) is 146 Å². The van der Waals surface area contributed by atoms with E-state index in [4.69, 9.17) is 14.2 Å². The first-order chi connectivity index (χ1) is 38.5. The average Bonchev–Trinajstić information content (AvgIpc) is 3.44. The summed E-state index contributed by atoms with van der Waals surface area (Å²) in [5.41, 5.74) is 0. The molecular formula is C72H116O6. The van der Waals surface area contributed by atoms with E-state index in [1.807, 2.05) is 0 Å². The Labute approximate surface area is 480 Å². The van der Waals surface area contributed by atoms with E-state index < -0.39 is 6.10 Å². The molecule has 6 nitrogen and oxygen atoms in total. The Hall–Kier alpha value is -4.71. The van der Waals surface area contributed by atoms with Gasteiger partial charge in [-0.1, -0.05) is 263 Å². The minimum absolute atomic E-state index is 0.112. The van der Waals surface area contributed by atoms with Crippen LogP contribution >= 0.6 is 0 Å². The molecule has 0 heterocycles. The molecule has 0 aromatic rings. The molecule has 0 aliphatic carbocycles. The number of carbonyl (C=O) groups is 3. The van der Waals surface area contributed by atoms with Crippen LogP contribution in [0.5, 0.6) is 0 Å². The van der Waals surface area contributed by atoms with Crippen LogP contribution in [0.2, 0.25) is 0 Å². The second-order valence-corrected chi connectivity index (χ2v) is 20.5. The predicted octanol–water partition coefficient (Wildman–Crippen LogP) is 21.9. The first-order valence-electron chi connectivity index (χ1n) is 31.8. The number of carbonyl (C=O) groups excluding carboxylic acids is 3. The summed E-state index contributed by atoms with van der Waals surface area (Å²) < 4.78 is 16.9. The number of ether oxygens (including phenoxy) is 3. The molecular weight excluding hydrogens is 961 g/mol. The normalized spacial score (nSPS) is 13.1. The monoisotopic (exact) mass is 1080 g/mol. The van der Waals surface area contributed by atoms with Gasteiger partial charge in [-0.05, 0) is 135 Å². The molecule has 0 radical (unpaired) electrons. The van der Waals surface area contributed by atoms with Crippen molar-refractivity contribution in [3.63, 3.8) is 0 Å². The third-order valence-electron chi connectivity index (χ3n) is 13.1. The highest BCUT2D eigenvalue weighted by molar-refractivity contribution is 5.71.